The molecule has 0 radical (unpaired) electrons. The lowest BCUT2D eigenvalue weighted by Crippen LogP contribution is -2.33. The number of Topliss-reactive ketones (excluding diaryl/α,β-unsaturated/α-hetero) is 2. The van der Waals surface area contributed by atoms with Crippen LogP contribution in [-0.4, -0.2) is 11.6 Å². The summed E-state index contributed by atoms with van der Waals surface area (Å²) in [6.45, 7) is 0. The van der Waals surface area contributed by atoms with E-state index in [9.17, 15) is 9.59 Å². The van der Waals surface area contributed by atoms with E-state index in [0.29, 0.717) is 0 Å². The van der Waals surface area contributed by atoms with Crippen LogP contribution >= 0.6 is 12.4 Å². The fourth-order valence-electron chi connectivity index (χ4n) is 3.25. The molecule has 106 valence electrons. The Balaban J connectivity index is 0.00000132. The molecule has 0 spiro atoms. The maximum atomic E-state index is 11.5. The summed E-state index contributed by atoms with van der Waals surface area (Å²) in [5, 5.41) is 4.04. The second-order valence-electron chi connectivity index (χ2n) is 5.67. The molecule has 2 aliphatic carbocycles. The van der Waals surface area contributed by atoms with Crippen molar-refractivity contribution in [3.8, 4) is 0 Å². The van der Waals surface area contributed by atoms with Crippen LogP contribution in [0.15, 0.2) is 24.3 Å². The van der Waals surface area contributed by atoms with Crippen LogP contribution in [0.25, 0.3) is 22.9 Å². The van der Waals surface area contributed by atoms with Gasteiger partial charge in [0.25, 0.3) is 0 Å². The molecule has 0 amide bonds. The van der Waals surface area contributed by atoms with Crippen LogP contribution in [-0.2, 0) is 22.4 Å². The highest BCUT2D eigenvalue weighted by Gasteiger charge is 2.14. The largest absolute Gasteiger partial charge is 0.286 e. The second-order valence-corrected chi connectivity index (χ2v) is 5.67. The predicted molar refractivity (Wildman–Crippen MR) is 86.0 cm³/mol. The fourth-order valence-corrected chi connectivity index (χ4v) is 3.25. The van der Waals surface area contributed by atoms with Gasteiger partial charge in [0.15, 0.2) is 0 Å². The third kappa shape index (κ3) is 2.30. The monoisotopic (exact) mass is 298 g/mol. The lowest BCUT2D eigenvalue weighted by molar-refractivity contribution is -0.129. The molecule has 2 nitrogen and oxygen atoms in total. The molecule has 0 atom stereocenters. The number of fused-ring (bicyclic) bond motifs is 3. The molecule has 0 aromatic heterocycles. The van der Waals surface area contributed by atoms with Gasteiger partial charge < -0.3 is 0 Å². The van der Waals surface area contributed by atoms with E-state index in [-0.39, 0.29) is 12.4 Å². The Labute approximate surface area is 128 Å². The van der Waals surface area contributed by atoms with Gasteiger partial charge in [0.05, 0.1) is 0 Å². The molecule has 21 heavy (non-hydrogen) atoms. The van der Waals surface area contributed by atoms with Gasteiger partial charge in [-0.25, -0.2) is 0 Å². The number of carbonyl (C=O) groups excluding carboxylic acids is 2. The Morgan fingerprint density at radius 1 is 0.667 bits per heavy atom. The molecular formula is C18H15ClO2. The van der Waals surface area contributed by atoms with Gasteiger partial charge in [-0.2, -0.15) is 0 Å². The van der Waals surface area contributed by atoms with Gasteiger partial charge in [-0.15, -0.1) is 12.4 Å². The molecule has 0 aliphatic heterocycles. The van der Waals surface area contributed by atoms with Gasteiger partial charge in [0.2, 0.25) is 11.6 Å². The van der Waals surface area contributed by atoms with Crippen molar-refractivity contribution in [1.82, 2.24) is 0 Å². The van der Waals surface area contributed by atoms with Crippen LogP contribution in [0.5, 0.6) is 0 Å². The molecule has 0 saturated carbocycles. The van der Waals surface area contributed by atoms with Crippen LogP contribution in [0.2, 0.25) is 0 Å². The summed E-state index contributed by atoms with van der Waals surface area (Å²) in [7, 11) is 0. The van der Waals surface area contributed by atoms with E-state index in [1.54, 1.807) is 0 Å². The zero-order valence-corrected chi connectivity index (χ0v) is 12.3. The highest BCUT2D eigenvalue weighted by Crippen LogP contribution is 2.25. The van der Waals surface area contributed by atoms with Crippen molar-refractivity contribution in [3.05, 3.63) is 45.8 Å². The molecule has 2 aliphatic rings. The van der Waals surface area contributed by atoms with E-state index in [2.05, 4.69) is 12.1 Å². The number of aryl methyl sites for hydroxylation is 2. The van der Waals surface area contributed by atoms with E-state index in [1.165, 1.54) is 36.1 Å². The number of carbonyl (C=O) groups is 2. The van der Waals surface area contributed by atoms with E-state index < -0.39 is 11.6 Å². The molecule has 0 unspecified atom stereocenters. The Kier molecular flexibility index (Phi) is 3.42. The Morgan fingerprint density at radius 3 is 1.52 bits per heavy atom. The summed E-state index contributed by atoms with van der Waals surface area (Å²) in [6.07, 6.45) is 7.73. The first-order valence-electron chi connectivity index (χ1n) is 7.08. The minimum atomic E-state index is -0.421. The molecule has 4 rings (SSSR count). The third-order valence-corrected chi connectivity index (χ3v) is 4.32. The second kappa shape index (κ2) is 5.12. The first-order valence-corrected chi connectivity index (χ1v) is 7.08. The minimum absolute atomic E-state index is 0. The number of hydrogen-bond acceptors (Lipinski definition) is 2. The van der Waals surface area contributed by atoms with Gasteiger partial charge in [0.1, 0.15) is 0 Å². The standard InChI is InChI=1S/C18H14O2.ClH/c19-17-9-15-7-13-5-11-3-1-2-4-12(11)6-14(13)8-16(15)10-18(17)20;/h5-10H,1-4H2;1H. The first-order chi connectivity index (χ1) is 9.70. The van der Waals surface area contributed by atoms with E-state index in [1.807, 2.05) is 12.1 Å². The van der Waals surface area contributed by atoms with Crippen LogP contribution in [0.4, 0.5) is 0 Å². The van der Waals surface area contributed by atoms with Gasteiger partial charge >= 0.3 is 0 Å². The summed E-state index contributed by atoms with van der Waals surface area (Å²) >= 11 is 0. The van der Waals surface area contributed by atoms with Gasteiger partial charge in [-0.1, -0.05) is 12.1 Å². The number of ketones is 2. The van der Waals surface area contributed by atoms with Crippen molar-refractivity contribution < 1.29 is 9.59 Å². The average molecular weight is 299 g/mol. The van der Waals surface area contributed by atoms with Crippen molar-refractivity contribution in [1.29, 1.82) is 0 Å². The highest BCUT2D eigenvalue weighted by molar-refractivity contribution is 6.57. The maximum absolute atomic E-state index is 11.5. The normalized spacial score (nSPS) is 16.4. The smallest absolute Gasteiger partial charge is 0.226 e. The maximum Gasteiger partial charge on any atom is 0.226 e. The lowest BCUT2D eigenvalue weighted by atomic mass is 9.88. The number of benzene rings is 2. The Morgan fingerprint density at radius 2 is 1.10 bits per heavy atom. The van der Waals surface area contributed by atoms with Crippen molar-refractivity contribution in [2.75, 3.05) is 0 Å². The SMILES string of the molecule is Cl.O=C1C=c2cc3cc4c(cc3cc2=CC1=O)CCCC4. The van der Waals surface area contributed by atoms with Crippen LogP contribution < -0.4 is 10.4 Å². The Hall–Kier alpha value is -1.93. The molecule has 2 aromatic rings. The van der Waals surface area contributed by atoms with Crippen molar-refractivity contribution in [2.45, 2.75) is 25.7 Å². The van der Waals surface area contributed by atoms with Gasteiger partial charge in [-0.3, -0.25) is 9.59 Å². The highest BCUT2D eigenvalue weighted by atomic mass is 35.5. The van der Waals surface area contributed by atoms with Crippen LogP contribution in [0.3, 0.4) is 0 Å². The molecule has 0 fully saturated rings. The van der Waals surface area contributed by atoms with E-state index in [4.69, 9.17) is 0 Å². The molecule has 2 aromatic carbocycles. The number of halogens is 1. The summed E-state index contributed by atoms with van der Waals surface area (Å²) in [6, 6.07) is 8.55. The van der Waals surface area contributed by atoms with Crippen molar-refractivity contribution in [3.63, 3.8) is 0 Å². The minimum Gasteiger partial charge on any atom is -0.286 e. The zero-order chi connectivity index (χ0) is 13.7. The van der Waals surface area contributed by atoms with Crippen molar-refractivity contribution >= 4 is 46.9 Å². The van der Waals surface area contributed by atoms with Gasteiger partial charge in [-0.05, 0) is 82.3 Å². The molecular weight excluding hydrogens is 284 g/mol. The number of hydrogen-bond donors (Lipinski definition) is 0. The summed E-state index contributed by atoms with van der Waals surface area (Å²) < 4.78 is 0. The van der Waals surface area contributed by atoms with Crippen LogP contribution in [0.1, 0.15) is 24.0 Å². The summed E-state index contributed by atoms with van der Waals surface area (Å²) in [4.78, 5) is 23.0. The van der Waals surface area contributed by atoms with E-state index >= 15 is 0 Å². The fraction of sp³-hybridized carbons (Fsp3) is 0.222. The molecule has 0 heterocycles. The van der Waals surface area contributed by atoms with E-state index in [0.717, 1.165) is 34.1 Å². The molecule has 0 saturated heterocycles. The van der Waals surface area contributed by atoms with Crippen molar-refractivity contribution in [2.24, 2.45) is 0 Å². The summed E-state index contributed by atoms with van der Waals surface area (Å²) in [5.41, 5.74) is 2.87. The average Bonchev–Trinajstić information content (AvgIpc) is 2.44. The Bertz CT molecular complexity index is 819. The molecule has 0 N–H and O–H groups in total. The predicted octanol–water partition coefficient (Wildman–Crippen LogP) is 1.85. The lowest BCUT2D eigenvalue weighted by Gasteiger charge is -2.16. The molecule has 0 bridgehead atoms. The quantitative estimate of drug-likeness (QED) is 0.696. The first kappa shape index (κ1) is 14.0. The van der Waals surface area contributed by atoms with Crippen LogP contribution in [0, 0.1) is 0 Å². The summed E-state index contributed by atoms with van der Waals surface area (Å²) in [5.74, 6) is -0.843. The molecule has 3 heteroatoms. The van der Waals surface area contributed by atoms with Gasteiger partial charge in [0, 0.05) is 0 Å². The zero-order valence-electron chi connectivity index (χ0n) is 11.5. The number of rotatable bonds is 0. The third-order valence-electron chi connectivity index (χ3n) is 4.32. The topological polar surface area (TPSA) is 34.1 Å².